The summed E-state index contributed by atoms with van der Waals surface area (Å²) in [5, 5.41) is 11.6. The molecule has 0 heterocycles. The molecule has 0 fully saturated rings. The molecule has 76 valence electrons. The van der Waals surface area contributed by atoms with Crippen LogP contribution in [-0.4, -0.2) is 17.1 Å². The van der Waals surface area contributed by atoms with Crippen molar-refractivity contribution in [3.05, 3.63) is 29.8 Å². The van der Waals surface area contributed by atoms with Gasteiger partial charge in [-0.2, -0.15) is 0 Å². The van der Waals surface area contributed by atoms with Crippen LogP contribution in [0.5, 0.6) is 0 Å². The Labute approximate surface area is 83.8 Å². The first-order valence-corrected chi connectivity index (χ1v) is 4.71. The number of benzene rings is 1. The van der Waals surface area contributed by atoms with Crippen molar-refractivity contribution in [3.8, 4) is 0 Å². The zero-order valence-electron chi connectivity index (χ0n) is 8.45. The molecule has 0 bridgehead atoms. The van der Waals surface area contributed by atoms with E-state index >= 15 is 0 Å². The van der Waals surface area contributed by atoms with Crippen LogP contribution >= 0.6 is 0 Å². The van der Waals surface area contributed by atoms with Gasteiger partial charge in [0.15, 0.2) is 0 Å². The van der Waals surface area contributed by atoms with Crippen molar-refractivity contribution in [1.82, 2.24) is 0 Å². The van der Waals surface area contributed by atoms with E-state index in [-0.39, 0.29) is 0 Å². The second kappa shape index (κ2) is 4.65. The number of carboxylic acid groups (broad SMARTS) is 1. The van der Waals surface area contributed by atoms with Gasteiger partial charge in [0.1, 0.15) is 6.04 Å². The lowest BCUT2D eigenvalue weighted by Crippen LogP contribution is -2.25. The highest BCUT2D eigenvalue weighted by Crippen LogP contribution is 2.12. The van der Waals surface area contributed by atoms with Crippen LogP contribution in [0.3, 0.4) is 0 Å². The van der Waals surface area contributed by atoms with E-state index in [1.54, 1.807) is 6.92 Å². The summed E-state index contributed by atoms with van der Waals surface area (Å²) in [5.74, 6) is -0.841. The van der Waals surface area contributed by atoms with Crippen molar-refractivity contribution < 1.29 is 9.90 Å². The van der Waals surface area contributed by atoms with Gasteiger partial charge in [0.25, 0.3) is 0 Å². The molecule has 14 heavy (non-hydrogen) atoms. The van der Waals surface area contributed by atoms with Crippen LogP contribution in [0.4, 0.5) is 5.69 Å². The largest absolute Gasteiger partial charge is 0.480 e. The Bertz CT molecular complexity index is 323. The number of hydrogen-bond acceptors (Lipinski definition) is 2. The number of aliphatic carboxylic acids is 1. The van der Waals surface area contributed by atoms with Crippen molar-refractivity contribution in [3.63, 3.8) is 0 Å². The van der Waals surface area contributed by atoms with Crippen LogP contribution in [-0.2, 0) is 11.2 Å². The fourth-order valence-corrected chi connectivity index (χ4v) is 1.19. The zero-order chi connectivity index (χ0) is 10.6. The fourth-order valence-electron chi connectivity index (χ4n) is 1.19. The number of hydrogen-bond donors (Lipinski definition) is 2. The first-order chi connectivity index (χ1) is 6.63. The standard InChI is InChI=1S/C11H15NO2/c1-3-9-5-4-6-10(7-9)12-8(2)11(13)14/h4-8,12H,3H2,1-2H3,(H,13,14). The van der Waals surface area contributed by atoms with Crippen LogP contribution in [0, 0.1) is 0 Å². The quantitative estimate of drug-likeness (QED) is 0.770. The molecule has 0 saturated carbocycles. The van der Waals surface area contributed by atoms with E-state index in [2.05, 4.69) is 12.2 Å². The van der Waals surface area contributed by atoms with E-state index in [9.17, 15) is 4.79 Å². The van der Waals surface area contributed by atoms with Crippen LogP contribution in [0.1, 0.15) is 19.4 Å². The van der Waals surface area contributed by atoms with Gasteiger partial charge >= 0.3 is 5.97 Å². The average molecular weight is 193 g/mol. The van der Waals surface area contributed by atoms with E-state index in [0.29, 0.717) is 0 Å². The molecule has 1 atom stereocenters. The third-order valence-corrected chi connectivity index (χ3v) is 2.09. The predicted molar refractivity (Wildman–Crippen MR) is 56.5 cm³/mol. The summed E-state index contributed by atoms with van der Waals surface area (Å²) in [6.45, 7) is 3.70. The van der Waals surface area contributed by atoms with Crippen LogP contribution in [0.25, 0.3) is 0 Å². The van der Waals surface area contributed by atoms with E-state index < -0.39 is 12.0 Å². The Morgan fingerprint density at radius 1 is 1.57 bits per heavy atom. The molecule has 1 rings (SSSR count). The van der Waals surface area contributed by atoms with Gasteiger partial charge in [0.2, 0.25) is 0 Å². The molecule has 3 nitrogen and oxygen atoms in total. The van der Waals surface area contributed by atoms with E-state index in [0.717, 1.165) is 12.1 Å². The van der Waals surface area contributed by atoms with Crippen molar-refractivity contribution in [2.24, 2.45) is 0 Å². The highest BCUT2D eigenvalue weighted by Gasteiger charge is 2.09. The average Bonchev–Trinajstić information content (AvgIpc) is 2.18. The molecule has 0 radical (unpaired) electrons. The molecule has 0 aliphatic carbocycles. The third kappa shape index (κ3) is 2.76. The van der Waals surface area contributed by atoms with Crippen molar-refractivity contribution in [1.29, 1.82) is 0 Å². The predicted octanol–water partition coefficient (Wildman–Crippen LogP) is 2.13. The second-order valence-corrected chi connectivity index (χ2v) is 3.26. The maximum atomic E-state index is 10.6. The Hall–Kier alpha value is -1.51. The second-order valence-electron chi connectivity index (χ2n) is 3.26. The van der Waals surface area contributed by atoms with Crippen LogP contribution in [0.2, 0.25) is 0 Å². The molecule has 1 aromatic rings. The van der Waals surface area contributed by atoms with Gasteiger partial charge < -0.3 is 10.4 Å². The molecule has 0 aromatic heterocycles. The Kier molecular flexibility index (Phi) is 3.51. The minimum absolute atomic E-state index is 0.554. The van der Waals surface area contributed by atoms with E-state index in [4.69, 9.17) is 5.11 Å². The molecule has 0 aliphatic rings. The molecule has 0 spiro atoms. The molecule has 1 unspecified atom stereocenters. The Morgan fingerprint density at radius 3 is 2.86 bits per heavy atom. The summed E-state index contributed by atoms with van der Waals surface area (Å²) >= 11 is 0. The lowest BCUT2D eigenvalue weighted by molar-refractivity contribution is -0.137. The molecular weight excluding hydrogens is 178 g/mol. The van der Waals surface area contributed by atoms with Crippen molar-refractivity contribution in [2.75, 3.05) is 5.32 Å². The fraction of sp³-hybridized carbons (Fsp3) is 0.364. The molecule has 0 aliphatic heterocycles. The molecule has 2 N–H and O–H groups in total. The number of carbonyl (C=O) groups is 1. The van der Waals surface area contributed by atoms with Crippen LogP contribution < -0.4 is 5.32 Å². The van der Waals surface area contributed by atoms with Crippen molar-refractivity contribution >= 4 is 11.7 Å². The lowest BCUT2D eigenvalue weighted by atomic mass is 10.1. The monoisotopic (exact) mass is 193 g/mol. The van der Waals surface area contributed by atoms with Crippen LogP contribution in [0.15, 0.2) is 24.3 Å². The topological polar surface area (TPSA) is 49.3 Å². The summed E-state index contributed by atoms with van der Waals surface area (Å²) in [7, 11) is 0. The minimum Gasteiger partial charge on any atom is -0.480 e. The SMILES string of the molecule is CCc1cccc(NC(C)C(=O)O)c1. The zero-order valence-corrected chi connectivity index (χ0v) is 8.45. The molecule has 0 amide bonds. The molecule has 3 heteroatoms. The highest BCUT2D eigenvalue weighted by molar-refractivity contribution is 5.76. The molecule has 0 saturated heterocycles. The van der Waals surface area contributed by atoms with Gasteiger partial charge in [0.05, 0.1) is 0 Å². The number of aryl methyl sites for hydroxylation is 1. The van der Waals surface area contributed by atoms with Gasteiger partial charge in [-0.05, 0) is 31.0 Å². The number of carboxylic acids is 1. The highest BCUT2D eigenvalue weighted by atomic mass is 16.4. The van der Waals surface area contributed by atoms with Crippen molar-refractivity contribution in [2.45, 2.75) is 26.3 Å². The van der Waals surface area contributed by atoms with Gasteiger partial charge in [-0.3, -0.25) is 4.79 Å². The van der Waals surface area contributed by atoms with Gasteiger partial charge in [-0.15, -0.1) is 0 Å². The lowest BCUT2D eigenvalue weighted by Gasteiger charge is -2.11. The number of rotatable bonds is 4. The summed E-state index contributed by atoms with van der Waals surface area (Å²) in [6.07, 6.45) is 0.955. The number of nitrogens with one attached hydrogen (secondary N) is 1. The van der Waals surface area contributed by atoms with E-state index in [1.807, 2.05) is 24.3 Å². The summed E-state index contributed by atoms with van der Waals surface area (Å²) in [5.41, 5.74) is 2.06. The Balaban J connectivity index is 2.71. The van der Waals surface area contributed by atoms with Gasteiger partial charge in [-0.1, -0.05) is 19.1 Å². The first-order valence-electron chi connectivity index (χ1n) is 4.71. The Morgan fingerprint density at radius 2 is 2.29 bits per heavy atom. The molecular formula is C11H15NO2. The van der Waals surface area contributed by atoms with Gasteiger partial charge in [-0.25, -0.2) is 0 Å². The third-order valence-electron chi connectivity index (χ3n) is 2.09. The summed E-state index contributed by atoms with van der Waals surface area (Å²) in [6, 6.07) is 7.24. The first kappa shape index (κ1) is 10.6. The minimum atomic E-state index is -0.841. The smallest absolute Gasteiger partial charge is 0.325 e. The maximum Gasteiger partial charge on any atom is 0.325 e. The molecule has 1 aromatic carbocycles. The van der Waals surface area contributed by atoms with E-state index in [1.165, 1.54) is 5.56 Å². The van der Waals surface area contributed by atoms with Gasteiger partial charge in [0, 0.05) is 5.69 Å². The normalized spacial score (nSPS) is 12.1. The summed E-state index contributed by atoms with van der Waals surface area (Å²) < 4.78 is 0. The summed E-state index contributed by atoms with van der Waals surface area (Å²) in [4.78, 5) is 10.6. The number of anilines is 1. The maximum absolute atomic E-state index is 10.6.